The molecule has 20 heavy (non-hydrogen) atoms. The van der Waals surface area contributed by atoms with E-state index in [0.29, 0.717) is 11.6 Å². The first-order chi connectivity index (χ1) is 9.38. The van der Waals surface area contributed by atoms with Crippen molar-refractivity contribution in [2.75, 3.05) is 18.4 Å². The molecule has 1 rings (SSSR count). The van der Waals surface area contributed by atoms with E-state index in [1.165, 1.54) is 18.2 Å². The largest absolute Gasteiger partial charge is 0.374 e. The second kappa shape index (κ2) is 7.69. The summed E-state index contributed by atoms with van der Waals surface area (Å²) in [7, 11) is 0. The number of hydrogen-bond donors (Lipinski definition) is 3. The molecule has 5 nitrogen and oxygen atoms in total. The molecular weight excluding hydrogens is 285 g/mol. The lowest BCUT2D eigenvalue weighted by atomic mass is 10.2. The number of rotatable bonds is 5. The molecule has 3 N–H and O–H groups in total. The van der Waals surface area contributed by atoms with Gasteiger partial charge in [0.05, 0.1) is 12.2 Å². The summed E-state index contributed by atoms with van der Waals surface area (Å²) in [5, 5.41) is 7.59. The normalized spacial score (nSPS) is 10.2. The molecule has 7 heteroatoms. The Morgan fingerprint density at radius 2 is 2.05 bits per heavy atom. The van der Waals surface area contributed by atoms with Gasteiger partial charge in [-0.25, -0.2) is 9.18 Å². The molecule has 0 saturated carbocycles. The van der Waals surface area contributed by atoms with E-state index in [4.69, 9.17) is 11.6 Å². The Morgan fingerprint density at radius 3 is 2.70 bits per heavy atom. The minimum Gasteiger partial charge on any atom is -0.374 e. The minimum absolute atomic E-state index is 0.107. The van der Waals surface area contributed by atoms with E-state index in [2.05, 4.69) is 16.0 Å². The molecule has 0 aliphatic carbocycles. The molecule has 0 aliphatic rings. The van der Waals surface area contributed by atoms with Crippen LogP contribution in [0.3, 0.4) is 0 Å². The predicted octanol–water partition coefficient (Wildman–Crippen LogP) is 2.37. The zero-order chi connectivity index (χ0) is 15.1. The number of nitrogens with one attached hydrogen (secondary N) is 3. The Morgan fingerprint density at radius 1 is 1.35 bits per heavy atom. The number of urea groups is 1. The molecule has 0 heterocycles. The lowest BCUT2D eigenvalue weighted by Crippen LogP contribution is -2.43. The summed E-state index contributed by atoms with van der Waals surface area (Å²) in [4.78, 5) is 22.8. The zero-order valence-corrected chi connectivity index (χ0v) is 12.1. The van der Waals surface area contributed by atoms with Gasteiger partial charge in [-0.15, -0.1) is 0 Å². The Balaban J connectivity index is 2.39. The van der Waals surface area contributed by atoms with Crippen LogP contribution >= 0.6 is 11.6 Å². The molecule has 0 aliphatic heterocycles. The highest BCUT2D eigenvalue weighted by Crippen LogP contribution is 2.18. The molecule has 0 bridgehead atoms. The van der Waals surface area contributed by atoms with Gasteiger partial charge in [-0.2, -0.15) is 0 Å². The number of amides is 3. The fourth-order valence-corrected chi connectivity index (χ4v) is 1.49. The molecule has 0 saturated heterocycles. The van der Waals surface area contributed by atoms with Crippen LogP contribution in [0.25, 0.3) is 0 Å². The smallest absolute Gasteiger partial charge is 0.321 e. The Bertz CT molecular complexity index is 495. The van der Waals surface area contributed by atoms with Crippen LogP contribution in [0.2, 0.25) is 5.02 Å². The van der Waals surface area contributed by atoms with Crippen molar-refractivity contribution in [2.24, 2.45) is 5.92 Å². The number of imide groups is 1. The van der Waals surface area contributed by atoms with Gasteiger partial charge in [0, 0.05) is 11.6 Å². The van der Waals surface area contributed by atoms with Crippen LogP contribution in [0.5, 0.6) is 0 Å². The maximum absolute atomic E-state index is 13.4. The summed E-state index contributed by atoms with van der Waals surface area (Å²) in [5.41, 5.74) is 0.107. The Labute approximate surface area is 121 Å². The Hall–Kier alpha value is -1.82. The van der Waals surface area contributed by atoms with Crippen LogP contribution < -0.4 is 16.0 Å². The van der Waals surface area contributed by atoms with E-state index in [1.54, 1.807) is 0 Å². The number of halogens is 2. The second-order valence-corrected chi connectivity index (χ2v) is 5.07. The fraction of sp³-hybridized carbons (Fsp3) is 0.385. The number of hydrogen-bond acceptors (Lipinski definition) is 3. The summed E-state index contributed by atoms with van der Waals surface area (Å²) < 4.78 is 13.4. The lowest BCUT2D eigenvalue weighted by Gasteiger charge is -2.10. The molecule has 0 fully saturated rings. The zero-order valence-electron chi connectivity index (χ0n) is 11.3. The highest BCUT2D eigenvalue weighted by molar-refractivity contribution is 6.30. The first-order valence-electron chi connectivity index (χ1n) is 6.15. The summed E-state index contributed by atoms with van der Waals surface area (Å²) in [6.45, 7) is 4.11. The molecule has 1 aromatic carbocycles. The highest BCUT2D eigenvalue weighted by atomic mass is 35.5. The molecule has 0 aromatic heterocycles. The van der Waals surface area contributed by atoms with Crippen molar-refractivity contribution in [1.82, 2.24) is 10.6 Å². The van der Waals surface area contributed by atoms with Gasteiger partial charge in [0.15, 0.2) is 0 Å². The van der Waals surface area contributed by atoms with Crippen LogP contribution in [-0.2, 0) is 4.79 Å². The van der Waals surface area contributed by atoms with E-state index in [1.807, 2.05) is 13.8 Å². The Kier molecular flexibility index (Phi) is 6.24. The van der Waals surface area contributed by atoms with Crippen LogP contribution in [0.15, 0.2) is 18.2 Å². The van der Waals surface area contributed by atoms with Gasteiger partial charge in [-0.05, 0) is 24.1 Å². The third kappa shape index (κ3) is 5.88. The minimum atomic E-state index is -0.572. The average molecular weight is 302 g/mol. The molecule has 0 unspecified atom stereocenters. The van der Waals surface area contributed by atoms with Crippen molar-refractivity contribution in [1.29, 1.82) is 0 Å². The van der Waals surface area contributed by atoms with E-state index in [-0.39, 0.29) is 18.2 Å². The van der Waals surface area contributed by atoms with Gasteiger partial charge in [0.1, 0.15) is 5.82 Å². The average Bonchev–Trinajstić information content (AvgIpc) is 2.37. The maximum atomic E-state index is 13.4. The SMILES string of the molecule is CC(C)CNC(=O)NC(=O)CNc1cc(Cl)ccc1F. The van der Waals surface area contributed by atoms with E-state index >= 15 is 0 Å². The van der Waals surface area contributed by atoms with Crippen molar-refractivity contribution < 1.29 is 14.0 Å². The van der Waals surface area contributed by atoms with Crippen LogP contribution in [-0.4, -0.2) is 25.0 Å². The molecule has 1 aromatic rings. The quantitative estimate of drug-likeness (QED) is 0.782. The summed E-state index contributed by atoms with van der Waals surface area (Å²) in [6, 6.07) is 3.39. The first-order valence-corrected chi connectivity index (χ1v) is 6.53. The second-order valence-electron chi connectivity index (χ2n) is 4.63. The van der Waals surface area contributed by atoms with Crippen molar-refractivity contribution in [3.05, 3.63) is 29.0 Å². The lowest BCUT2D eigenvalue weighted by molar-refractivity contribution is -0.118. The van der Waals surface area contributed by atoms with Crippen LogP contribution in [0.1, 0.15) is 13.8 Å². The third-order valence-electron chi connectivity index (χ3n) is 2.29. The van der Waals surface area contributed by atoms with Gasteiger partial charge in [0.2, 0.25) is 5.91 Å². The van der Waals surface area contributed by atoms with E-state index in [0.717, 1.165) is 0 Å². The monoisotopic (exact) mass is 301 g/mol. The molecular formula is C13H17ClFN3O2. The third-order valence-corrected chi connectivity index (χ3v) is 2.53. The van der Waals surface area contributed by atoms with Gasteiger partial charge in [-0.1, -0.05) is 25.4 Å². The molecule has 0 atom stereocenters. The summed E-state index contributed by atoms with van der Waals surface area (Å²) >= 11 is 5.72. The number of benzene rings is 1. The molecule has 0 radical (unpaired) electrons. The van der Waals surface area contributed by atoms with Crippen LogP contribution in [0, 0.1) is 11.7 Å². The molecule has 0 spiro atoms. The summed E-state index contributed by atoms with van der Waals surface area (Å²) in [6.07, 6.45) is 0. The standard InChI is InChI=1S/C13H17ClFN3O2/c1-8(2)6-17-13(20)18-12(19)7-16-11-5-9(14)3-4-10(11)15/h3-5,8,16H,6-7H2,1-2H3,(H2,17,18,19,20). The van der Waals surface area contributed by atoms with E-state index < -0.39 is 17.8 Å². The topological polar surface area (TPSA) is 70.2 Å². The first kappa shape index (κ1) is 16.2. The fourth-order valence-electron chi connectivity index (χ4n) is 1.32. The van der Waals surface area contributed by atoms with Crippen LogP contribution in [0.4, 0.5) is 14.9 Å². The van der Waals surface area contributed by atoms with Gasteiger partial charge in [-0.3, -0.25) is 10.1 Å². The van der Waals surface area contributed by atoms with Crippen molar-refractivity contribution >= 4 is 29.2 Å². The maximum Gasteiger partial charge on any atom is 0.321 e. The van der Waals surface area contributed by atoms with E-state index in [9.17, 15) is 14.0 Å². The van der Waals surface area contributed by atoms with Crippen molar-refractivity contribution in [3.63, 3.8) is 0 Å². The summed E-state index contributed by atoms with van der Waals surface area (Å²) in [5.74, 6) is -0.799. The molecule has 3 amide bonds. The van der Waals surface area contributed by atoms with Gasteiger partial charge in [0.25, 0.3) is 0 Å². The van der Waals surface area contributed by atoms with Crippen molar-refractivity contribution in [2.45, 2.75) is 13.8 Å². The predicted molar refractivity (Wildman–Crippen MR) is 76.3 cm³/mol. The van der Waals surface area contributed by atoms with Gasteiger partial charge >= 0.3 is 6.03 Å². The van der Waals surface area contributed by atoms with Crippen molar-refractivity contribution in [3.8, 4) is 0 Å². The highest BCUT2D eigenvalue weighted by Gasteiger charge is 2.09. The number of carbonyl (C=O) groups is 2. The number of anilines is 1. The number of carbonyl (C=O) groups excluding carboxylic acids is 2. The van der Waals surface area contributed by atoms with Gasteiger partial charge < -0.3 is 10.6 Å². The molecule has 110 valence electrons.